The molecule has 2 aliphatic heterocycles. The molecule has 36 heavy (non-hydrogen) atoms. The van der Waals surface area contributed by atoms with E-state index in [1.807, 2.05) is 71.7 Å². The predicted octanol–water partition coefficient (Wildman–Crippen LogP) is 4.67. The van der Waals surface area contributed by atoms with Crippen molar-refractivity contribution in [2.45, 2.75) is 16.9 Å². The maximum atomic E-state index is 11.6. The first-order valence-corrected chi connectivity index (χ1v) is 14.0. The minimum atomic E-state index is -1.49. The molecule has 0 bridgehead atoms. The fraction of sp³-hybridized carbons (Fsp3) is 0.200. The molecule has 3 aromatic rings. The number of nitrogens with two attached hydrogens (primary N) is 1. The van der Waals surface area contributed by atoms with Gasteiger partial charge in [0, 0.05) is 33.9 Å². The topological polar surface area (TPSA) is 86.3 Å². The molecule has 0 spiro atoms. The number of guanidine groups is 1. The van der Waals surface area contributed by atoms with Gasteiger partial charge >= 0.3 is 0 Å². The molecule has 1 saturated heterocycles. The zero-order valence-electron chi connectivity index (χ0n) is 19.1. The Kier molecular flexibility index (Phi) is 7.95. The van der Waals surface area contributed by atoms with Gasteiger partial charge in [-0.05, 0) is 59.5 Å². The molecule has 0 amide bonds. The second kappa shape index (κ2) is 11.3. The fourth-order valence-electron chi connectivity index (χ4n) is 4.03. The van der Waals surface area contributed by atoms with Crippen molar-refractivity contribution in [1.29, 1.82) is 0 Å². The second-order valence-electron chi connectivity index (χ2n) is 8.43. The Morgan fingerprint density at radius 2 is 1.61 bits per heavy atom. The number of nitrogens with zero attached hydrogens (tertiary/aromatic N) is 4. The van der Waals surface area contributed by atoms with Crippen LogP contribution in [0.2, 0.25) is 10.0 Å². The van der Waals surface area contributed by atoms with Crippen LogP contribution in [0.1, 0.15) is 17.0 Å². The highest BCUT2D eigenvalue weighted by Gasteiger charge is 2.34. The van der Waals surface area contributed by atoms with Gasteiger partial charge in [-0.25, -0.2) is 23.7 Å². The molecular weight excluding hydrogens is 535 g/mol. The Balaban J connectivity index is 1.45. The summed E-state index contributed by atoms with van der Waals surface area (Å²) in [6, 6.07) is 25.6. The summed E-state index contributed by atoms with van der Waals surface area (Å²) in [4.78, 5) is 5.92. The van der Waals surface area contributed by atoms with Crippen LogP contribution in [0, 0.1) is 0 Å². The van der Waals surface area contributed by atoms with Crippen molar-refractivity contribution in [2.24, 2.45) is 15.2 Å². The van der Waals surface area contributed by atoms with Crippen LogP contribution in [0.15, 0.2) is 93.9 Å². The lowest BCUT2D eigenvalue weighted by Crippen LogP contribution is -2.53. The Hall–Kier alpha value is -2.40. The molecule has 0 aromatic heterocycles. The summed E-state index contributed by atoms with van der Waals surface area (Å²) < 4.78 is 16.6. The number of benzene rings is 3. The van der Waals surface area contributed by atoms with Crippen molar-refractivity contribution < 1.29 is 4.21 Å². The molecule has 3 aromatic carbocycles. The second-order valence-corrected chi connectivity index (χ2v) is 11.2. The van der Waals surface area contributed by atoms with Gasteiger partial charge in [0.05, 0.1) is 18.3 Å². The summed E-state index contributed by atoms with van der Waals surface area (Å²) in [7, 11) is 0. The molecule has 7 nitrogen and oxygen atoms in total. The van der Waals surface area contributed by atoms with E-state index in [9.17, 15) is 4.21 Å². The molecule has 2 heterocycles. The first-order chi connectivity index (χ1) is 17.5. The monoisotopic (exact) mass is 558 g/mol. The van der Waals surface area contributed by atoms with Gasteiger partial charge in [0.25, 0.3) is 0 Å². The minimum Gasteiger partial charge on any atom is -0.295 e. The van der Waals surface area contributed by atoms with Crippen LogP contribution in [0.4, 0.5) is 0 Å². The number of hydrogen-bond donors (Lipinski definition) is 2. The van der Waals surface area contributed by atoms with E-state index in [1.54, 1.807) is 4.31 Å². The molecular formula is C25H24Cl2N6OS2. The van der Waals surface area contributed by atoms with Gasteiger partial charge in [0.2, 0.25) is 5.96 Å². The van der Waals surface area contributed by atoms with E-state index in [1.165, 1.54) is 17.5 Å². The average Bonchev–Trinajstić information content (AvgIpc) is 3.30. The minimum absolute atomic E-state index is 0.0317. The molecule has 2 unspecified atom stereocenters. The van der Waals surface area contributed by atoms with Crippen molar-refractivity contribution >= 4 is 58.0 Å². The maximum Gasteiger partial charge on any atom is 0.225 e. The summed E-state index contributed by atoms with van der Waals surface area (Å²) in [5.74, 6) is 0.682. The highest BCUT2D eigenvalue weighted by atomic mass is 35.5. The number of hydrazone groups is 1. The standard InChI is InChI=1S/C25H24Cl2N6OS2/c26-19-8-6-18(7-9-19)24-23(17-4-2-1-3-5-17)16-33(30-24)25(29-21-14-32(15-21)36(28)34)31-35-22-12-10-20(27)11-13-22/h1-13,21,23H,14-16,28H2,(H,29,31). The number of hydrogen-bond acceptors (Lipinski definition) is 4. The highest BCUT2D eigenvalue weighted by Crippen LogP contribution is 2.30. The summed E-state index contributed by atoms with van der Waals surface area (Å²) in [6.07, 6.45) is 0. The smallest absolute Gasteiger partial charge is 0.225 e. The Morgan fingerprint density at radius 3 is 2.25 bits per heavy atom. The lowest BCUT2D eigenvalue weighted by molar-refractivity contribution is 0.278. The van der Waals surface area contributed by atoms with Gasteiger partial charge < -0.3 is 0 Å². The molecule has 186 valence electrons. The van der Waals surface area contributed by atoms with Gasteiger partial charge in [0.1, 0.15) is 0 Å². The molecule has 0 saturated carbocycles. The van der Waals surface area contributed by atoms with Crippen LogP contribution in [-0.4, -0.2) is 50.9 Å². The SMILES string of the molecule is NS(=O)N1CC(N=C(NSc2ccc(Cl)cc2)N2CC(c3ccccc3)C(c3ccc(Cl)cc3)=N2)C1. The molecule has 0 radical (unpaired) electrons. The third-order valence-electron chi connectivity index (χ3n) is 5.96. The van der Waals surface area contributed by atoms with Crippen LogP contribution < -0.4 is 9.86 Å². The van der Waals surface area contributed by atoms with Crippen molar-refractivity contribution in [1.82, 2.24) is 14.0 Å². The first-order valence-electron chi connectivity index (χ1n) is 11.3. The molecule has 2 aliphatic rings. The lowest BCUT2D eigenvalue weighted by Gasteiger charge is -2.34. The largest absolute Gasteiger partial charge is 0.295 e. The van der Waals surface area contributed by atoms with Crippen LogP contribution in [-0.2, 0) is 11.2 Å². The zero-order chi connectivity index (χ0) is 25.1. The number of aliphatic imine (C=N–C) groups is 1. The van der Waals surface area contributed by atoms with Crippen LogP contribution in [0.5, 0.6) is 0 Å². The summed E-state index contributed by atoms with van der Waals surface area (Å²) in [6.45, 7) is 1.68. The Morgan fingerprint density at radius 1 is 0.972 bits per heavy atom. The Labute approximate surface area is 227 Å². The van der Waals surface area contributed by atoms with Gasteiger partial charge in [-0.1, -0.05) is 65.7 Å². The quantitative estimate of drug-likeness (QED) is 0.261. The van der Waals surface area contributed by atoms with Crippen molar-refractivity contribution in [3.8, 4) is 0 Å². The van der Waals surface area contributed by atoms with E-state index in [2.05, 4.69) is 16.9 Å². The molecule has 11 heteroatoms. The first kappa shape index (κ1) is 25.3. The predicted molar refractivity (Wildman–Crippen MR) is 149 cm³/mol. The van der Waals surface area contributed by atoms with E-state index in [0.29, 0.717) is 35.6 Å². The van der Waals surface area contributed by atoms with Gasteiger partial charge in [0.15, 0.2) is 11.2 Å². The van der Waals surface area contributed by atoms with E-state index in [4.69, 9.17) is 38.4 Å². The number of nitrogens with one attached hydrogen (secondary N) is 1. The van der Waals surface area contributed by atoms with Gasteiger partial charge in [-0.15, -0.1) is 0 Å². The Bertz CT molecular complexity index is 1280. The van der Waals surface area contributed by atoms with Gasteiger partial charge in [-0.3, -0.25) is 4.72 Å². The summed E-state index contributed by atoms with van der Waals surface area (Å²) in [5, 5.41) is 13.8. The molecule has 5 rings (SSSR count). The van der Waals surface area contributed by atoms with Crippen molar-refractivity contribution in [3.63, 3.8) is 0 Å². The summed E-state index contributed by atoms with van der Waals surface area (Å²) in [5.41, 5.74) is 3.13. The average molecular weight is 560 g/mol. The number of rotatable bonds is 6. The zero-order valence-corrected chi connectivity index (χ0v) is 22.3. The van der Waals surface area contributed by atoms with Crippen LogP contribution in [0.3, 0.4) is 0 Å². The van der Waals surface area contributed by atoms with E-state index < -0.39 is 11.2 Å². The summed E-state index contributed by atoms with van der Waals surface area (Å²) >= 11 is 12.1. The molecule has 0 aliphatic carbocycles. The number of halogens is 2. The van der Waals surface area contributed by atoms with E-state index in [-0.39, 0.29) is 12.0 Å². The molecule has 1 fully saturated rings. The third-order valence-corrected chi connectivity index (χ3v) is 8.07. The lowest BCUT2D eigenvalue weighted by atomic mass is 9.91. The van der Waals surface area contributed by atoms with E-state index >= 15 is 0 Å². The fourth-order valence-corrected chi connectivity index (χ4v) is 5.56. The molecule has 2 atom stereocenters. The highest BCUT2D eigenvalue weighted by molar-refractivity contribution is 7.98. The van der Waals surface area contributed by atoms with E-state index in [0.717, 1.165) is 16.2 Å². The van der Waals surface area contributed by atoms with Crippen LogP contribution in [0.25, 0.3) is 0 Å². The van der Waals surface area contributed by atoms with Crippen molar-refractivity contribution in [3.05, 3.63) is 100 Å². The third kappa shape index (κ3) is 5.94. The van der Waals surface area contributed by atoms with Crippen LogP contribution >= 0.6 is 35.1 Å². The van der Waals surface area contributed by atoms with Crippen molar-refractivity contribution in [2.75, 3.05) is 19.6 Å². The normalized spacial score (nSPS) is 19.6. The molecule has 3 N–H and O–H groups in total. The van der Waals surface area contributed by atoms with Gasteiger partial charge in [-0.2, -0.15) is 5.10 Å². The maximum absolute atomic E-state index is 11.6.